The van der Waals surface area contributed by atoms with E-state index in [9.17, 15) is 0 Å². The topological polar surface area (TPSA) is 26.1 Å². The van der Waals surface area contributed by atoms with Crippen LogP contribution in [-0.2, 0) is 11.1 Å². The van der Waals surface area contributed by atoms with E-state index in [4.69, 9.17) is 5.21 Å². The average Bonchev–Trinajstić information content (AvgIpc) is 2.38. The van der Waals surface area contributed by atoms with Crippen LogP contribution in [0.25, 0.3) is 0 Å². The highest BCUT2D eigenvalue weighted by molar-refractivity contribution is 14.1. The third-order valence-electron chi connectivity index (χ3n) is 4.08. The molecule has 0 fully saturated rings. The fourth-order valence-electron chi connectivity index (χ4n) is 3.35. The summed E-state index contributed by atoms with van der Waals surface area (Å²) in [5.41, 5.74) is 2.27. The van der Waals surface area contributed by atoms with Crippen molar-refractivity contribution in [3.63, 3.8) is 0 Å². The van der Waals surface area contributed by atoms with Crippen molar-refractivity contribution >= 4 is 22.6 Å². The number of hydrogen-bond acceptors (Lipinski definition) is 1. The van der Waals surface area contributed by atoms with Gasteiger partial charge in [0.25, 0.3) is 0 Å². The number of hydroxylamine groups is 2. The predicted molar refractivity (Wildman–Crippen MR) is 84.4 cm³/mol. The van der Waals surface area contributed by atoms with E-state index in [0.717, 1.165) is 6.42 Å². The number of nitrogens with zero attached hydrogens (tertiary/aromatic N) is 1. The molecule has 1 aromatic carbocycles. The van der Waals surface area contributed by atoms with E-state index in [1.165, 1.54) is 14.7 Å². The number of hydrogen-bond donors (Lipinski definition) is 0. The molecule has 0 amide bonds. The van der Waals surface area contributed by atoms with Gasteiger partial charge in [0.05, 0.1) is 0 Å². The van der Waals surface area contributed by atoms with Gasteiger partial charge in [-0.1, -0.05) is 25.0 Å². The zero-order valence-corrected chi connectivity index (χ0v) is 14.0. The summed E-state index contributed by atoms with van der Waals surface area (Å²) in [6.07, 6.45) is 1.02. The van der Waals surface area contributed by atoms with Crippen molar-refractivity contribution in [2.75, 3.05) is 0 Å². The first-order chi connectivity index (χ1) is 8.19. The molecule has 100 valence electrons. The molecule has 0 radical (unpaired) electrons. The molecule has 0 saturated heterocycles. The molecule has 2 rings (SSSR count). The maximum Gasteiger partial charge on any atom is 0.112 e. The Labute approximate surface area is 123 Å². The Kier molecular flexibility index (Phi) is 3.54. The van der Waals surface area contributed by atoms with E-state index < -0.39 is 0 Å². The molecule has 1 heterocycles. The summed E-state index contributed by atoms with van der Waals surface area (Å²) in [5, 5.41) is 10.4. The van der Waals surface area contributed by atoms with Gasteiger partial charge < -0.3 is 5.21 Å². The minimum absolute atomic E-state index is 0.172. The number of halogens is 1. The molecular weight excluding hydrogens is 337 g/mol. The molecule has 1 aliphatic heterocycles. The van der Waals surface area contributed by atoms with Gasteiger partial charge in [-0.05, 0) is 79.0 Å². The standard InChI is InChI=1S/C15H22INO/c1-10(2)9-15(5)13-8-11(16)6-7-12(13)14(3,4)17(15)18/h6-8,10,18H,9H2,1-5H3/p+1. The summed E-state index contributed by atoms with van der Waals surface area (Å²) in [5.74, 6) is 0.586. The van der Waals surface area contributed by atoms with Crippen molar-refractivity contribution in [2.45, 2.75) is 52.1 Å². The molecule has 1 aromatic rings. The summed E-state index contributed by atoms with van der Waals surface area (Å²) in [6, 6.07) is 6.61. The molecule has 1 atom stereocenters. The van der Waals surface area contributed by atoms with Crippen LogP contribution in [0.4, 0.5) is 0 Å². The van der Waals surface area contributed by atoms with Gasteiger partial charge >= 0.3 is 0 Å². The lowest BCUT2D eigenvalue weighted by molar-refractivity contribution is -0.226. The lowest BCUT2D eigenvalue weighted by Crippen LogP contribution is -2.45. The zero-order chi connectivity index (χ0) is 13.7. The van der Waals surface area contributed by atoms with Crippen molar-refractivity contribution in [1.82, 2.24) is 5.06 Å². The Hall–Kier alpha value is -0.130. The van der Waals surface area contributed by atoms with E-state index in [-0.39, 0.29) is 11.1 Å². The highest BCUT2D eigenvalue weighted by Gasteiger charge is 2.55. The monoisotopic (exact) mass is 360 g/mol. The quantitative estimate of drug-likeness (QED) is 0.583. The highest BCUT2D eigenvalue weighted by Crippen LogP contribution is 2.51. The van der Waals surface area contributed by atoms with Gasteiger partial charge in [-0.15, -0.1) is 0 Å². The van der Waals surface area contributed by atoms with Gasteiger partial charge in [-0.3, -0.25) is 0 Å². The fraction of sp³-hybridized carbons (Fsp3) is 0.600. The van der Waals surface area contributed by atoms with E-state index in [1.54, 1.807) is 5.06 Å². The lowest BCUT2D eigenvalue weighted by Gasteiger charge is -2.34. The summed E-state index contributed by atoms with van der Waals surface area (Å²) < 4.78 is 1.26. The Balaban J connectivity index is 2.61. The van der Waals surface area contributed by atoms with Crippen LogP contribution in [-0.4, -0.2) is 10.3 Å². The Morgan fingerprint density at radius 1 is 1.22 bits per heavy atom. The van der Waals surface area contributed by atoms with E-state index >= 15 is 0 Å². The van der Waals surface area contributed by atoms with Crippen molar-refractivity contribution in [2.24, 2.45) is 5.92 Å². The number of rotatable bonds is 2. The van der Waals surface area contributed by atoms with Crippen LogP contribution < -0.4 is 0 Å². The number of fused-ring (bicyclic) bond motifs is 1. The second kappa shape index (κ2) is 4.46. The van der Waals surface area contributed by atoms with E-state index in [1.807, 2.05) is 0 Å². The first kappa shape index (κ1) is 14.3. The average molecular weight is 360 g/mol. The molecule has 0 aliphatic carbocycles. The van der Waals surface area contributed by atoms with Crippen LogP contribution in [0.2, 0.25) is 0 Å². The largest absolute Gasteiger partial charge is 0.337 e. The maximum atomic E-state index is 8.57. The number of benzene rings is 1. The first-order valence-electron chi connectivity index (χ1n) is 6.51. The van der Waals surface area contributed by atoms with Crippen LogP contribution in [0.5, 0.6) is 0 Å². The Morgan fingerprint density at radius 2 is 1.83 bits per heavy atom. The lowest BCUT2D eigenvalue weighted by atomic mass is 9.84. The normalized spacial score (nSPS) is 26.7. The summed E-state index contributed by atoms with van der Waals surface area (Å²) >= 11 is 2.36. The molecule has 2 N–H and O–H groups in total. The highest BCUT2D eigenvalue weighted by atomic mass is 127. The van der Waals surface area contributed by atoms with E-state index in [0.29, 0.717) is 5.92 Å². The minimum atomic E-state index is -0.205. The van der Waals surface area contributed by atoms with Crippen molar-refractivity contribution < 1.29 is 5.21 Å². The predicted octanol–water partition coefficient (Wildman–Crippen LogP) is 3.74. The minimum Gasteiger partial charge on any atom is -0.337 e. The third-order valence-corrected chi connectivity index (χ3v) is 4.75. The maximum absolute atomic E-state index is 8.57. The van der Waals surface area contributed by atoms with Gasteiger partial charge in [0.1, 0.15) is 11.1 Å². The smallest absolute Gasteiger partial charge is 0.112 e. The second-order valence-electron chi connectivity index (χ2n) is 6.46. The zero-order valence-electron chi connectivity index (χ0n) is 11.8. The fourth-order valence-corrected chi connectivity index (χ4v) is 3.84. The molecule has 1 aliphatic rings. The van der Waals surface area contributed by atoms with Crippen LogP contribution in [0, 0.1) is 9.49 Å². The molecule has 0 spiro atoms. The van der Waals surface area contributed by atoms with Crippen LogP contribution in [0.15, 0.2) is 18.2 Å². The molecule has 2 nitrogen and oxygen atoms in total. The van der Waals surface area contributed by atoms with Gasteiger partial charge in [-0.2, -0.15) is 0 Å². The second-order valence-corrected chi connectivity index (χ2v) is 7.70. The van der Waals surface area contributed by atoms with Crippen molar-refractivity contribution in [3.05, 3.63) is 32.9 Å². The molecule has 3 heteroatoms. The van der Waals surface area contributed by atoms with Gasteiger partial charge in [0, 0.05) is 3.57 Å². The third kappa shape index (κ3) is 2.00. The molecule has 0 bridgehead atoms. The molecule has 18 heavy (non-hydrogen) atoms. The van der Waals surface area contributed by atoms with Gasteiger partial charge in [-0.25, -0.2) is 0 Å². The van der Waals surface area contributed by atoms with Crippen LogP contribution in [0.3, 0.4) is 0 Å². The van der Waals surface area contributed by atoms with Crippen LogP contribution in [0.1, 0.15) is 52.2 Å². The van der Waals surface area contributed by atoms with Crippen molar-refractivity contribution in [3.8, 4) is 0 Å². The molecule has 0 aromatic heterocycles. The van der Waals surface area contributed by atoms with Gasteiger partial charge in [0.15, 0.2) is 0 Å². The molecular formula is C15H23INO+. The summed E-state index contributed by atoms with van der Waals surface area (Å²) in [6.45, 7) is 11.0. The summed E-state index contributed by atoms with van der Waals surface area (Å²) in [7, 11) is 0. The Bertz CT molecular complexity index is 470. The van der Waals surface area contributed by atoms with Crippen molar-refractivity contribution in [1.29, 1.82) is 0 Å². The molecule has 1 unspecified atom stereocenters. The first-order valence-corrected chi connectivity index (χ1v) is 7.59. The Morgan fingerprint density at radius 3 is 2.39 bits per heavy atom. The van der Waals surface area contributed by atoms with Gasteiger partial charge in [0.2, 0.25) is 0 Å². The SMILES string of the molecule is CC(C)CC1(C)c2cc(I)ccc2C(C)(C)N1[OH2+]. The summed E-state index contributed by atoms with van der Waals surface area (Å²) in [4.78, 5) is 0. The van der Waals surface area contributed by atoms with E-state index in [2.05, 4.69) is 75.4 Å². The van der Waals surface area contributed by atoms with Crippen LogP contribution >= 0.6 is 22.6 Å². The molecule has 0 saturated carbocycles.